The number of hydrogen-bond donors (Lipinski definition) is 1. The predicted molar refractivity (Wildman–Crippen MR) is 164 cm³/mol. The molecule has 2 aliphatic rings. The molecule has 0 radical (unpaired) electrons. The number of nitrogens with zero attached hydrogens (tertiary/aromatic N) is 3. The van der Waals surface area contributed by atoms with E-state index < -0.39 is 11.7 Å². The zero-order chi connectivity index (χ0) is 31.0. The van der Waals surface area contributed by atoms with Crippen LogP contribution in [0.1, 0.15) is 17.5 Å². The molecule has 1 aromatic heterocycles. The van der Waals surface area contributed by atoms with E-state index in [1.165, 1.54) is 18.3 Å². The van der Waals surface area contributed by atoms with Crippen LogP contribution in [0.2, 0.25) is 0 Å². The molecule has 0 bridgehead atoms. The Kier molecular flexibility index (Phi) is 9.52. The van der Waals surface area contributed by atoms with E-state index in [9.17, 15) is 4.79 Å². The molecule has 6 rings (SSSR count). The van der Waals surface area contributed by atoms with E-state index in [0.717, 1.165) is 44.8 Å². The van der Waals surface area contributed by atoms with Gasteiger partial charge in [0.15, 0.2) is 34.6 Å². The summed E-state index contributed by atoms with van der Waals surface area (Å²) in [5.41, 5.74) is 4.27. The number of hydrogen-bond acceptors (Lipinski definition) is 10. The van der Waals surface area contributed by atoms with Crippen LogP contribution in [0.25, 0.3) is 10.9 Å². The van der Waals surface area contributed by atoms with Crippen LogP contribution in [0.4, 0.5) is 4.39 Å². The number of amides is 1. The zero-order valence-corrected chi connectivity index (χ0v) is 24.8. The third kappa shape index (κ3) is 7.59. The molecule has 11 nitrogen and oxygen atoms in total. The Morgan fingerprint density at radius 3 is 2.73 bits per heavy atom. The minimum Gasteiger partial charge on any atom is -0.493 e. The molecule has 0 spiro atoms. The summed E-state index contributed by atoms with van der Waals surface area (Å²) in [5.74, 6) is 1.78. The van der Waals surface area contributed by atoms with Crippen molar-refractivity contribution >= 4 is 23.0 Å². The number of aromatic nitrogens is 1. The number of carbonyl (C=O) groups is 1. The molecule has 1 saturated heterocycles. The summed E-state index contributed by atoms with van der Waals surface area (Å²) in [7, 11) is 1.57. The number of methoxy groups -OCH3 is 1. The lowest BCUT2D eigenvalue weighted by molar-refractivity contribution is -0.120. The lowest BCUT2D eigenvalue weighted by Gasteiger charge is -2.26. The first-order valence-corrected chi connectivity index (χ1v) is 14.6. The molecule has 12 heteroatoms. The van der Waals surface area contributed by atoms with Crippen molar-refractivity contribution in [2.24, 2.45) is 5.10 Å². The van der Waals surface area contributed by atoms with Gasteiger partial charge in [-0.25, -0.2) is 9.82 Å². The van der Waals surface area contributed by atoms with Gasteiger partial charge in [0, 0.05) is 37.3 Å². The van der Waals surface area contributed by atoms with Crippen molar-refractivity contribution in [2.75, 3.05) is 53.4 Å². The SMILES string of the molecule is COc1cc2c(Oc3ccc(CC(=O)N/N=C/c4ccc5c(c4)OCO5)cc3F)ccnc2cc1OCCCN1CCOCC1. The first kappa shape index (κ1) is 30.1. The molecule has 1 amide bonds. The summed E-state index contributed by atoms with van der Waals surface area (Å²) in [6.07, 6.45) is 3.88. The van der Waals surface area contributed by atoms with Crippen molar-refractivity contribution in [3.8, 4) is 34.5 Å². The van der Waals surface area contributed by atoms with Gasteiger partial charge in [0.2, 0.25) is 12.7 Å². The van der Waals surface area contributed by atoms with Crippen LogP contribution in [0.3, 0.4) is 0 Å². The van der Waals surface area contributed by atoms with Gasteiger partial charge in [-0.1, -0.05) is 6.07 Å². The van der Waals surface area contributed by atoms with Crippen molar-refractivity contribution in [1.82, 2.24) is 15.3 Å². The van der Waals surface area contributed by atoms with Crippen molar-refractivity contribution in [3.05, 3.63) is 77.7 Å². The van der Waals surface area contributed by atoms with E-state index in [1.54, 1.807) is 55.8 Å². The largest absolute Gasteiger partial charge is 0.493 e. The fraction of sp³-hybridized carbons (Fsp3) is 0.303. The van der Waals surface area contributed by atoms with Crippen LogP contribution in [0.15, 0.2) is 65.9 Å². The van der Waals surface area contributed by atoms with Gasteiger partial charge in [0.25, 0.3) is 0 Å². The van der Waals surface area contributed by atoms with Crippen LogP contribution in [-0.4, -0.2) is 75.4 Å². The summed E-state index contributed by atoms with van der Waals surface area (Å²) in [4.78, 5) is 19.2. The number of pyridine rings is 1. The molecule has 4 aromatic rings. The van der Waals surface area contributed by atoms with Gasteiger partial charge in [-0.3, -0.25) is 14.7 Å². The maximum atomic E-state index is 15.1. The molecule has 234 valence electrons. The Balaban J connectivity index is 1.06. The Morgan fingerprint density at radius 1 is 1.02 bits per heavy atom. The number of rotatable bonds is 12. The lowest BCUT2D eigenvalue weighted by atomic mass is 10.1. The first-order valence-electron chi connectivity index (χ1n) is 14.6. The van der Waals surface area contributed by atoms with Crippen molar-refractivity contribution < 1.29 is 37.6 Å². The Bertz CT molecular complexity index is 1690. The van der Waals surface area contributed by atoms with Gasteiger partial charge < -0.3 is 28.4 Å². The number of hydrazone groups is 1. The second-order valence-corrected chi connectivity index (χ2v) is 10.4. The molecule has 0 atom stereocenters. The third-order valence-electron chi connectivity index (χ3n) is 7.35. The topological polar surface area (TPSA) is 113 Å². The van der Waals surface area contributed by atoms with E-state index in [-0.39, 0.29) is 19.0 Å². The highest BCUT2D eigenvalue weighted by Gasteiger charge is 2.16. The van der Waals surface area contributed by atoms with Gasteiger partial charge in [-0.2, -0.15) is 5.10 Å². The third-order valence-corrected chi connectivity index (χ3v) is 7.35. The maximum absolute atomic E-state index is 15.1. The standard InChI is InChI=1S/C33H33FN4O7/c1-40-30-18-24-26(19-32(30)42-12-2-9-38-10-13-41-14-11-38)35-8-7-27(24)45-28-5-3-22(15-25(28)34)17-33(39)37-36-20-23-4-6-29-31(16-23)44-21-43-29/h3-8,15-16,18-20H,2,9-14,17,21H2,1H3,(H,37,39)/b36-20+. The molecular weight excluding hydrogens is 583 g/mol. The highest BCUT2D eigenvalue weighted by molar-refractivity contribution is 5.88. The number of carbonyl (C=O) groups excluding carboxylic acids is 1. The van der Waals surface area contributed by atoms with Gasteiger partial charge in [0.1, 0.15) is 5.75 Å². The van der Waals surface area contributed by atoms with Crippen molar-refractivity contribution in [3.63, 3.8) is 0 Å². The quantitative estimate of drug-likeness (QED) is 0.138. The zero-order valence-electron chi connectivity index (χ0n) is 24.8. The smallest absolute Gasteiger partial charge is 0.244 e. The van der Waals surface area contributed by atoms with E-state index in [4.69, 9.17) is 28.4 Å². The molecule has 1 N–H and O–H groups in total. The number of nitrogens with one attached hydrogen (secondary N) is 1. The van der Waals surface area contributed by atoms with E-state index >= 15 is 4.39 Å². The fourth-order valence-electron chi connectivity index (χ4n) is 5.04. The van der Waals surface area contributed by atoms with Gasteiger partial charge in [0.05, 0.1) is 45.1 Å². The molecule has 3 aromatic carbocycles. The summed E-state index contributed by atoms with van der Waals surface area (Å²) in [6, 6.07) is 14.9. The van der Waals surface area contributed by atoms with Gasteiger partial charge in [-0.15, -0.1) is 0 Å². The van der Waals surface area contributed by atoms with E-state index in [2.05, 4.69) is 20.4 Å². The lowest BCUT2D eigenvalue weighted by Crippen LogP contribution is -2.37. The maximum Gasteiger partial charge on any atom is 0.244 e. The summed E-state index contributed by atoms with van der Waals surface area (Å²) in [6.45, 7) is 5.03. The molecule has 0 saturated carbocycles. The average molecular weight is 617 g/mol. The number of fused-ring (bicyclic) bond motifs is 2. The number of halogens is 1. The second-order valence-electron chi connectivity index (χ2n) is 10.4. The van der Waals surface area contributed by atoms with Crippen LogP contribution in [-0.2, 0) is 16.0 Å². The minimum atomic E-state index is -0.610. The summed E-state index contributed by atoms with van der Waals surface area (Å²) in [5, 5.41) is 4.61. The molecule has 0 aliphatic carbocycles. The van der Waals surface area contributed by atoms with Crippen molar-refractivity contribution in [2.45, 2.75) is 12.8 Å². The Hall–Kier alpha value is -4.94. The summed E-state index contributed by atoms with van der Waals surface area (Å²) >= 11 is 0. The molecule has 45 heavy (non-hydrogen) atoms. The highest BCUT2D eigenvalue weighted by atomic mass is 19.1. The van der Waals surface area contributed by atoms with Gasteiger partial charge in [-0.05, 0) is 60.0 Å². The minimum absolute atomic E-state index is 0.00916. The molecule has 2 aliphatic heterocycles. The Labute approximate surface area is 259 Å². The van der Waals surface area contributed by atoms with E-state index in [0.29, 0.717) is 51.8 Å². The number of morpholine rings is 1. The Morgan fingerprint density at radius 2 is 1.89 bits per heavy atom. The van der Waals surface area contributed by atoms with Crippen LogP contribution < -0.4 is 29.1 Å². The van der Waals surface area contributed by atoms with Crippen LogP contribution in [0, 0.1) is 5.82 Å². The fourth-order valence-corrected chi connectivity index (χ4v) is 5.04. The molecular formula is C33H33FN4O7. The molecule has 3 heterocycles. The van der Waals surface area contributed by atoms with Gasteiger partial charge >= 0.3 is 0 Å². The van der Waals surface area contributed by atoms with Crippen LogP contribution >= 0.6 is 0 Å². The highest BCUT2D eigenvalue weighted by Crippen LogP contribution is 2.38. The number of ether oxygens (including phenoxy) is 6. The second kappa shape index (κ2) is 14.2. The normalized spacial score (nSPS) is 14.5. The van der Waals surface area contributed by atoms with Crippen LogP contribution in [0.5, 0.6) is 34.5 Å². The molecule has 1 fully saturated rings. The number of benzene rings is 3. The summed E-state index contributed by atoms with van der Waals surface area (Å²) < 4.78 is 48.7. The average Bonchev–Trinajstić information content (AvgIpc) is 3.53. The molecule has 0 unspecified atom stereocenters. The first-order chi connectivity index (χ1) is 22.1. The monoisotopic (exact) mass is 616 g/mol. The van der Waals surface area contributed by atoms with Crippen molar-refractivity contribution in [1.29, 1.82) is 0 Å². The van der Waals surface area contributed by atoms with E-state index in [1.807, 2.05) is 0 Å². The predicted octanol–water partition coefficient (Wildman–Crippen LogP) is 4.70.